The third-order valence-corrected chi connectivity index (χ3v) is 3.14. The second-order valence-corrected chi connectivity index (χ2v) is 5.88. The zero-order valence-corrected chi connectivity index (χ0v) is 12.1. The van der Waals surface area contributed by atoms with Crippen molar-refractivity contribution in [2.75, 3.05) is 32.7 Å². The summed E-state index contributed by atoms with van der Waals surface area (Å²) in [6, 6.07) is 0. The van der Waals surface area contributed by atoms with Crippen LogP contribution in [0.1, 0.15) is 47.0 Å². The maximum absolute atomic E-state index is 5.91. The van der Waals surface area contributed by atoms with Gasteiger partial charge in [0.15, 0.2) is 0 Å². The molecule has 102 valence electrons. The van der Waals surface area contributed by atoms with E-state index in [9.17, 15) is 0 Å². The predicted octanol–water partition coefficient (Wildman–Crippen LogP) is 2.27. The van der Waals surface area contributed by atoms with Crippen LogP contribution in [-0.2, 0) is 4.74 Å². The van der Waals surface area contributed by atoms with Gasteiger partial charge in [0.2, 0.25) is 0 Å². The van der Waals surface area contributed by atoms with Gasteiger partial charge < -0.3 is 10.1 Å². The molecule has 0 aromatic rings. The molecule has 0 radical (unpaired) electrons. The topological polar surface area (TPSA) is 24.5 Å². The number of morpholine rings is 1. The molecule has 1 fully saturated rings. The maximum atomic E-state index is 5.91. The number of ether oxygens (including phenoxy) is 1. The normalized spacial score (nSPS) is 25.1. The minimum atomic E-state index is 0.0259. The van der Waals surface area contributed by atoms with Crippen LogP contribution >= 0.6 is 0 Å². The average Bonchev–Trinajstić information content (AvgIpc) is 2.20. The molecule has 0 bridgehead atoms. The number of rotatable bonds is 7. The van der Waals surface area contributed by atoms with E-state index in [1.54, 1.807) is 0 Å². The predicted molar refractivity (Wildman–Crippen MR) is 73.5 cm³/mol. The molecule has 1 heterocycles. The Morgan fingerprint density at radius 3 is 2.71 bits per heavy atom. The van der Waals surface area contributed by atoms with Crippen LogP contribution in [0.2, 0.25) is 0 Å². The highest BCUT2D eigenvalue weighted by Gasteiger charge is 2.30. The van der Waals surface area contributed by atoms with Crippen LogP contribution in [0, 0.1) is 0 Å². The molecule has 0 spiro atoms. The minimum Gasteiger partial charge on any atom is -0.370 e. The van der Waals surface area contributed by atoms with Gasteiger partial charge in [-0.15, -0.1) is 0 Å². The molecule has 3 heteroatoms. The highest BCUT2D eigenvalue weighted by Crippen LogP contribution is 2.20. The zero-order chi connectivity index (χ0) is 12.7. The van der Waals surface area contributed by atoms with Gasteiger partial charge in [-0.05, 0) is 59.7 Å². The van der Waals surface area contributed by atoms with Crippen LogP contribution in [0.4, 0.5) is 0 Å². The van der Waals surface area contributed by atoms with Gasteiger partial charge >= 0.3 is 0 Å². The van der Waals surface area contributed by atoms with Gasteiger partial charge in [0.05, 0.1) is 11.7 Å². The highest BCUT2D eigenvalue weighted by molar-refractivity contribution is 4.82. The number of hydrogen-bond acceptors (Lipinski definition) is 3. The van der Waals surface area contributed by atoms with Crippen LogP contribution < -0.4 is 5.32 Å². The molecule has 0 saturated carbocycles. The Morgan fingerprint density at radius 1 is 1.29 bits per heavy atom. The zero-order valence-electron chi connectivity index (χ0n) is 12.1. The van der Waals surface area contributed by atoms with Crippen LogP contribution in [0.3, 0.4) is 0 Å². The smallest absolute Gasteiger partial charge is 0.0757 e. The maximum Gasteiger partial charge on any atom is 0.0757 e. The van der Waals surface area contributed by atoms with Crippen LogP contribution in [-0.4, -0.2) is 49.3 Å². The number of nitrogens with one attached hydrogen (secondary N) is 1. The molecule has 1 saturated heterocycles. The Balaban J connectivity index is 2.10. The van der Waals surface area contributed by atoms with Crippen molar-refractivity contribution in [3.05, 3.63) is 0 Å². The Labute approximate surface area is 107 Å². The lowest BCUT2D eigenvalue weighted by Gasteiger charge is -2.41. The minimum absolute atomic E-state index is 0.0259. The summed E-state index contributed by atoms with van der Waals surface area (Å²) in [6.45, 7) is 14.5. The van der Waals surface area contributed by atoms with Gasteiger partial charge in [0.25, 0.3) is 0 Å². The summed E-state index contributed by atoms with van der Waals surface area (Å²) in [5, 5.41) is 3.45. The lowest BCUT2D eigenvalue weighted by molar-refractivity contribution is -0.128. The second kappa shape index (κ2) is 7.34. The molecule has 1 unspecified atom stereocenters. The lowest BCUT2D eigenvalue weighted by Crippen LogP contribution is -2.52. The standard InChI is InChI=1S/C14H30N2O/c1-5-8-15-9-6-7-10-16-11-13(2)17-14(3,4)12-16/h13,15H,5-12H2,1-4H3. The first kappa shape index (κ1) is 14.9. The van der Waals surface area contributed by atoms with Crippen molar-refractivity contribution in [3.8, 4) is 0 Å². The highest BCUT2D eigenvalue weighted by atomic mass is 16.5. The van der Waals surface area contributed by atoms with Gasteiger partial charge in [-0.3, -0.25) is 4.90 Å². The van der Waals surface area contributed by atoms with E-state index in [-0.39, 0.29) is 5.60 Å². The molecule has 1 atom stereocenters. The van der Waals surface area contributed by atoms with Gasteiger partial charge in [0, 0.05) is 13.1 Å². The fourth-order valence-electron chi connectivity index (χ4n) is 2.64. The summed E-state index contributed by atoms with van der Waals surface area (Å²) < 4.78 is 5.91. The quantitative estimate of drug-likeness (QED) is 0.693. The number of unbranched alkanes of at least 4 members (excludes halogenated alkanes) is 1. The van der Waals surface area contributed by atoms with Crippen molar-refractivity contribution in [2.24, 2.45) is 0 Å². The van der Waals surface area contributed by atoms with Crippen molar-refractivity contribution >= 4 is 0 Å². The lowest BCUT2D eigenvalue weighted by atomic mass is 10.1. The first-order valence-electron chi connectivity index (χ1n) is 7.14. The largest absolute Gasteiger partial charge is 0.370 e. The Hall–Kier alpha value is -0.120. The van der Waals surface area contributed by atoms with E-state index in [4.69, 9.17) is 4.74 Å². The average molecular weight is 242 g/mol. The summed E-state index contributed by atoms with van der Waals surface area (Å²) in [5.74, 6) is 0. The monoisotopic (exact) mass is 242 g/mol. The summed E-state index contributed by atoms with van der Waals surface area (Å²) in [4.78, 5) is 2.55. The fourth-order valence-corrected chi connectivity index (χ4v) is 2.64. The summed E-state index contributed by atoms with van der Waals surface area (Å²) in [5.41, 5.74) is 0.0259. The van der Waals surface area contributed by atoms with Gasteiger partial charge in [-0.25, -0.2) is 0 Å². The van der Waals surface area contributed by atoms with Crippen LogP contribution in [0.15, 0.2) is 0 Å². The third-order valence-electron chi connectivity index (χ3n) is 3.14. The molecule has 0 amide bonds. The Morgan fingerprint density at radius 2 is 2.06 bits per heavy atom. The van der Waals surface area contributed by atoms with Crippen molar-refractivity contribution in [1.82, 2.24) is 10.2 Å². The molecule has 0 aromatic carbocycles. The molecular formula is C14H30N2O. The molecule has 1 N–H and O–H groups in total. The molecule has 17 heavy (non-hydrogen) atoms. The van der Waals surface area contributed by atoms with Crippen LogP contribution in [0.5, 0.6) is 0 Å². The SMILES string of the molecule is CCCNCCCCN1CC(C)OC(C)(C)C1. The van der Waals surface area contributed by atoms with E-state index in [1.165, 1.54) is 25.8 Å². The Kier molecular flexibility index (Phi) is 6.45. The van der Waals surface area contributed by atoms with E-state index in [1.807, 2.05) is 0 Å². The molecule has 0 aliphatic carbocycles. The second-order valence-electron chi connectivity index (χ2n) is 5.88. The van der Waals surface area contributed by atoms with Gasteiger partial charge in [-0.1, -0.05) is 6.92 Å². The molecule has 1 rings (SSSR count). The van der Waals surface area contributed by atoms with Gasteiger partial charge in [-0.2, -0.15) is 0 Å². The summed E-state index contributed by atoms with van der Waals surface area (Å²) in [6.07, 6.45) is 4.18. The van der Waals surface area contributed by atoms with Crippen molar-refractivity contribution in [1.29, 1.82) is 0 Å². The first-order valence-corrected chi connectivity index (χ1v) is 7.14. The molecular weight excluding hydrogens is 212 g/mol. The van der Waals surface area contributed by atoms with Crippen molar-refractivity contribution in [3.63, 3.8) is 0 Å². The molecule has 1 aliphatic rings. The number of nitrogens with zero attached hydrogens (tertiary/aromatic N) is 1. The summed E-state index contributed by atoms with van der Waals surface area (Å²) in [7, 11) is 0. The van der Waals surface area contributed by atoms with E-state index < -0.39 is 0 Å². The third kappa shape index (κ3) is 6.39. The van der Waals surface area contributed by atoms with Crippen molar-refractivity contribution in [2.45, 2.75) is 58.7 Å². The first-order chi connectivity index (χ1) is 8.03. The number of hydrogen-bond donors (Lipinski definition) is 1. The van der Waals surface area contributed by atoms with Crippen molar-refractivity contribution < 1.29 is 4.74 Å². The Bertz CT molecular complexity index is 206. The molecule has 0 aromatic heterocycles. The van der Waals surface area contributed by atoms with Gasteiger partial charge in [0.1, 0.15) is 0 Å². The van der Waals surface area contributed by atoms with E-state index in [2.05, 4.69) is 37.9 Å². The van der Waals surface area contributed by atoms with E-state index >= 15 is 0 Å². The van der Waals surface area contributed by atoms with Crippen LogP contribution in [0.25, 0.3) is 0 Å². The molecule has 3 nitrogen and oxygen atoms in total. The fraction of sp³-hybridized carbons (Fsp3) is 1.00. The van der Waals surface area contributed by atoms with E-state index in [0.29, 0.717) is 6.10 Å². The molecule has 1 aliphatic heterocycles. The summed E-state index contributed by atoms with van der Waals surface area (Å²) >= 11 is 0. The van der Waals surface area contributed by atoms with E-state index in [0.717, 1.165) is 26.2 Å².